The van der Waals surface area contributed by atoms with Gasteiger partial charge in [0.1, 0.15) is 5.82 Å². The number of aromatic nitrogens is 2. The highest BCUT2D eigenvalue weighted by Gasteiger charge is 2.31. The van der Waals surface area contributed by atoms with Gasteiger partial charge in [-0.1, -0.05) is 12.1 Å². The second-order valence-electron chi connectivity index (χ2n) is 6.26. The number of alkyl halides is 3. The fraction of sp³-hybridized carbons (Fsp3) is 0.0500. The first-order chi connectivity index (χ1) is 14.6. The molecule has 0 radical (unpaired) electrons. The third-order valence-corrected chi connectivity index (χ3v) is 4.02. The largest absolute Gasteiger partial charge is 0.494 e. The normalized spacial score (nSPS) is 11.1. The van der Waals surface area contributed by atoms with Crippen molar-refractivity contribution >= 4 is 23.2 Å². The van der Waals surface area contributed by atoms with Gasteiger partial charge in [0.15, 0.2) is 11.7 Å². The topological polar surface area (TPSA) is 104 Å². The first-order valence-electron chi connectivity index (χ1n) is 8.60. The quantitative estimate of drug-likeness (QED) is 0.399. The van der Waals surface area contributed by atoms with E-state index in [2.05, 4.69) is 21.9 Å². The van der Waals surface area contributed by atoms with Gasteiger partial charge in [0.05, 0.1) is 35.0 Å². The zero-order valence-corrected chi connectivity index (χ0v) is 15.7. The van der Waals surface area contributed by atoms with E-state index in [-0.39, 0.29) is 28.5 Å². The summed E-state index contributed by atoms with van der Waals surface area (Å²) in [5.74, 6) is -1.78. The minimum absolute atomic E-state index is 0.0242. The van der Waals surface area contributed by atoms with Gasteiger partial charge in [0.25, 0.3) is 0 Å². The van der Waals surface area contributed by atoms with E-state index in [1.807, 2.05) is 0 Å². The molecule has 4 N–H and O–H groups in total. The third kappa shape index (κ3) is 4.89. The van der Waals surface area contributed by atoms with Crippen LogP contribution in [0.1, 0.15) is 5.56 Å². The van der Waals surface area contributed by atoms with Crippen LogP contribution in [0.3, 0.4) is 0 Å². The smallest absolute Gasteiger partial charge is 0.416 e. The molecular formula is C20H15F4N5O2. The number of halogens is 4. The number of pyridine rings is 2. The van der Waals surface area contributed by atoms with Gasteiger partial charge in [-0.3, -0.25) is 4.98 Å². The molecule has 0 unspecified atom stereocenters. The molecule has 7 nitrogen and oxygen atoms in total. The van der Waals surface area contributed by atoms with Crippen molar-refractivity contribution in [2.24, 2.45) is 0 Å². The number of anilines is 3. The average molecular weight is 433 g/mol. The van der Waals surface area contributed by atoms with Gasteiger partial charge in [-0.05, 0) is 30.8 Å². The first-order valence-corrected chi connectivity index (χ1v) is 8.60. The third-order valence-electron chi connectivity index (χ3n) is 4.02. The second kappa shape index (κ2) is 8.30. The molecule has 0 aliphatic rings. The number of urea groups is 1. The van der Waals surface area contributed by atoms with Crippen LogP contribution in [0.2, 0.25) is 0 Å². The van der Waals surface area contributed by atoms with E-state index in [0.29, 0.717) is 4.90 Å². The molecule has 160 valence electrons. The lowest BCUT2D eigenvalue weighted by Crippen LogP contribution is -2.35. The lowest BCUT2D eigenvalue weighted by atomic mass is 10.1. The number of carbonyl (C=O) groups excluding carboxylic acids is 1. The van der Waals surface area contributed by atoms with Crippen molar-refractivity contribution in [3.63, 3.8) is 0 Å². The number of amides is 2. The van der Waals surface area contributed by atoms with Crippen LogP contribution in [0.4, 0.5) is 39.5 Å². The van der Waals surface area contributed by atoms with E-state index >= 15 is 0 Å². The van der Waals surface area contributed by atoms with E-state index in [1.165, 1.54) is 24.3 Å². The Labute approximate surface area is 173 Å². The Bertz CT molecular complexity index is 1150. The molecule has 1 aromatic carbocycles. The summed E-state index contributed by atoms with van der Waals surface area (Å²) < 4.78 is 52.4. The highest BCUT2D eigenvalue weighted by Crippen LogP contribution is 2.33. The maximum atomic E-state index is 13.3. The number of hydrogen-bond acceptors (Lipinski definition) is 5. The van der Waals surface area contributed by atoms with Crippen LogP contribution >= 0.6 is 0 Å². The molecule has 2 heterocycles. The summed E-state index contributed by atoms with van der Waals surface area (Å²) in [6, 6.07) is 7.06. The number of benzene rings is 1. The fourth-order valence-electron chi connectivity index (χ4n) is 2.65. The highest BCUT2D eigenvalue weighted by atomic mass is 19.4. The van der Waals surface area contributed by atoms with E-state index in [9.17, 15) is 27.5 Å². The maximum Gasteiger partial charge on any atom is 0.416 e. The average Bonchev–Trinajstić information content (AvgIpc) is 2.69. The molecule has 2 amide bonds. The Morgan fingerprint density at radius 3 is 2.55 bits per heavy atom. The Balaban J connectivity index is 2.00. The first kappa shape index (κ1) is 21.6. The zero-order chi connectivity index (χ0) is 22.8. The molecule has 0 bridgehead atoms. The number of carbonyl (C=O) groups is 1. The predicted octanol–water partition coefficient (Wildman–Crippen LogP) is 4.95. The van der Waals surface area contributed by atoms with Crippen molar-refractivity contribution in [3.05, 3.63) is 78.7 Å². The summed E-state index contributed by atoms with van der Waals surface area (Å²) >= 11 is 0. The number of nitrogens with two attached hydrogens (primary N) is 1. The molecule has 3 aromatic rings. The molecule has 0 aliphatic carbocycles. The van der Waals surface area contributed by atoms with Crippen LogP contribution in [0.25, 0.3) is 11.3 Å². The number of nitrogen functional groups attached to an aromatic ring is 1. The summed E-state index contributed by atoms with van der Waals surface area (Å²) in [7, 11) is 0. The van der Waals surface area contributed by atoms with Crippen molar-refractivity contribution in [3.8, 4) is 11.3 Å². The Hall–Kier alpha value is -4.15. The highest BCUT2D eigenvalue weighted by molar-refractivity contribution is 6.04. The predicted molar refractivity (Wildman–Crippen MR) is 107 cm³/mol. The van der Waals surface area contributed by atoms with Crippen LogP contribution < -0.4 is 16.0 Å². The molecule has 0 spiro atoms. The molecule has 0 atom stereocenters. The van der Waals surface area contributed by atoms with Gasteiger partial charge in [-0.2, -0.15) is 13.2 Å². The number of nitrogens with one attached hydrogen (secondary N) is 1. The molecule has 11 heteroatoms. The summed E-state index contributed by atoms with van der Waals surface area (Å²) in [5.41, 5.74) is 5.06. The Kier molecular flexibility index (Phi) is 5.77. The lowest BCUT2D eigenvalue weighted by molar-refractivity contribution is -0.137. The molecular weight excluding hydrogens is 418 g/mol. The van der Waals surface area contributed by atoms with Crippen molar-refractivity contribution in [2.75, 3.05) is 16.0 Å². The maximum absolute atomic E-state index is 13.3. The minimum atomic E-state index is -4.56. The molecule has 2 aromatic heterocycles. The Morgan fingerprint density at radius 2 is 1.90 bits per heavy atom. The Morgan fingerprint density at radius 1 is 1.16 bits per heavy atom. The van der Waals surface area contributed by atoms with Gasteiger partial charge in [0, 0.05) is 11.6 Å². The van der Waals surface area contributed by atoms with Crippen LogP contribution in [0.15, 0.2) is 67.3 Å². The van der Waals surface area contributed by atoms with Crippen molar-refractivity contribution in [1.82, 2.24) is 9.97 Å². The summed E-state index contributed by atoms with van der Waals surface area (Å²) in [6.07, 6.45) is -2.47. The molecule has 3 rings (SSSR count). The SMILES string of the molecule is C=C(O)N(C(=O)Nc1cncc(F)c1)c1nc(-c2cccc(C(F)(F)F)c2)ccc1N. The number of nitrogens with zero attached hydrogens (tertiary/aromatic N) is 3. The fourth-order valence-corrected chi connectivity index (χ4v) is 2.65. The summed E-state index contributed by atoms with van der Waals surface area (Å²) in [4.78, 5) is 21.0. The van der Waals surface area contributed by atoms with E-state index in [1.54, 1.807) is 0 Å². The van der Waals surface area contributed by atoms with Gasteiger partial charge < -0.3 is 16.2 Å². The summed E-state index contributed by atoms with van der Waals surface area (Å²) in [6.45, 7) is 3.29. The number of aliphatic hydroxyl groups excluding tert-OH is 1. The molecule has 31 heavy (non-hydrogen) atoms. The number of aliphatic hydroxyl groups is 1. The van der Waals surface area contributed by atoms with E-state index < -0.39 is 29.5 Å². The molecule has 0 aliphatic heterocycles. The number of rotatable bonds is 4. The number of hydrogen-bond donors (Lipinski definition) is 3. The van der Waals surface area contributed by atoms with Crippen LogP contribution in [-0.4, -0.2) is 21.1 Å². The monoisotopic (exact) mass is 433 g/mol. The van der Waals surface area contributed by atoms with E-state index in [0.717, 1.165) is 30.6 Å². The van der Waals surface area contributed by atoms with Crippen molar-refractivity contribution in [2.45, 2.75) is 6.18 Å². The van der Waals surface area contributed by atoms with Gasteiger partial charge in [-0.15, -0.1) is 0 Å². The van der Waals surface area contributed by atoms with E-state index in [4.69, 9.17) is 5.73 Å². The molecule has 0 fully saturated rings. The standard InChI is InChI=1S/C20H15F4N5O2/c1-11(30)29(19(31)27-15-8-14(21)9-26-10-15)18-16(25)5-6-17(28-18)12-3-2-4-13(7-12)20(22,23)24/h2-10,30H,1,25H2,(H,27,31). The van der Waals surface area contributed by atoms with Crippen LogP contribution in [0.5, 0.6) is 0 Å². The van der Waals surface area contributed by atoms with Gasteiger partial charge in [-0.25, -0.2) is 19.1 Å². The second-order valence-corrected chi connectivity index (χ2v) is 6.26. The van der Waals surface area contributed by atoms with Crippen LogP contribution in [0, 0.1) is 5.82 Å². The van der Waals surface area contributed by atoms with Crippen molar-refractivity contribution < 1.29 is 27.5 Å². The molecule has 0 saturated heterocycles. The minimum Gasteiger partial charge on any atom is -0.494 e. The van der Waals surface area contributed by atoms with Crippen molar-refractivity contribution in [1.29, 1.82) is 0 Å². The van der Waals surface area contributed by atoms with Gasteiger partial charge in [0.2, 0.25) is 0 Å². The lowest BCUT2D eigenvalue weighted by Gasteiger charge is -2.22. The van der Waals surface area contributed by atoms with Crippen LogP contribution in [-0.2, 0) is 6.18 Å². The zero-order valence-electron chi connectivity index (χ0n) is 15.7. The molecule has 0 saturated carbocycles. The summed E-state index contributed by atoms with van der Waals surface area (Å²) in [5, 5.41) is 12.2. The van der Waals surface area contributed by atoms with Gasteiger partial charge >= 0.3 is 12.2 Å².